The van der Waals surface area contributed by atoms with Gasteiger partial charge in [-0.1, -0.05) is 0 Å². The molecule has 0 unspecified atom stereocenters. The molecule has 0 radical (unpaired) electrons. The number of fused-ring (bicyclic) bond motifs is 1. The summed E-state index contributed by atoms with van der Waals surface area (Å²) in [4.78, 5) is 26.7. The first-order chi connectivity index (χ1) is 11.0. The molecule has 0 spiro atoms. The van der Waals surface area contributed by atoms with Crippen LogP contribution in [-0.4, -0.2) is 16.8 Å². The lowest BCUT2D eigenvalue weighted by molar-refractivity contribution is -0.114. The summed E-state index contributed by atoms with van der Waals surface area (Å²) in [5, 5.41) is 5.59. The first-order valence-electron chi connectivity index (χ1n) is 7.31. The van der Waals surface area contributed by atoms with Gasteiger partial charge in [0.05, 0.1) is 5.57 Å². The number of nitrogens with one attached hydrogen (secondary N) is 3. The van der Waals surface area contributed by atoms with Crippen molar-refractivity contribution in [2.24, 2.45) is 5.73 Å². The van der Waals surface area contributed by atoms with Gasteiger partial charge in [0.15, 0.2) is 0 Å². The van der Waals surface area contributed by atoms with Crippen LogP contribution >= 0.6 is 0 Å². The van der Waals surface area contributed by atoms with E-state index in [-0.39, 0.29) is 11.8 Å². The predicted octanol–water partition coefficient (Wildman–Crippen LogP) is 2.31. The van der Waals surface area contributed by atoms with Gasteiger partial charge >= 0.3 is 0 Å². The maximum Gasteiger partial charge on any atom is 0.256 e. The Kier molecular flexibility index (Phi) is 3.75. The Morgan fingerprint density at radius 1 is 1.26 bits per heavy atom. The van der Waals surface area contributed by atoms with Crippen LogP contribution in [0, 0.1) is 0 Å². The van der Waals surface area contributed by atoms with Crippen molar-refractivity contribution in [1.29, 1.82) is 0 Å². The lowest BCUT2D eigenvalue weighted by atomic mass is 9.99. The number of carbonyl (C=O) groups excluding carboxylic acids is 2. The number of aromatic amines is 1. The second-order valence-electron chi connectivity index (χ2n) is 5.52. The van der Waals surface area contributed by atoms with Gasteiger partial charge in [0, 0.05) is 42.3 Å². The number of hydrogen-bond acceptors (Lipinski definition) is 3. The van der Waals surface area contributed by atoms with Crippen molar-refractivity contribution in [2.45, 2.75) is 20.4 Å². The average molecular weight is 310 g/mol. The van der Waals surface area contributed by atoms with Crippen LogP contribution in [0.4, 0.5) is 11.4 Å². The molecule has 2 aromatic rings. The van der Waals surface area contributed by atoms with Gasteiger partial charge in [0.2, 0.25) is 5.91 Å². The second kappa shape index (κ2) is 5.73. The Morgan fingerprint density at radius 2 is 2.04 bits per heavy atom. The molecular formula is C17H18N4O2. The molecule has 0 atom stereocenters. The minimum absolute atomic E-state index is 0.151. The van der Waals surface area contributed by atoms with Crippen LogP contribution in [0.1, 0.15) is 30.7 Å². The monoisotopic (exact) mass is 310 g/mol. The first kappa shape index (κ1) is 15.1. The van der Waals surface area contributed by atoms with Gasteiger partial charge in [-0.05, 0) is 42.3 Å². The Labute approximate surface area is 133 Å². The molecule has 118 valence electrons. The molecule has 3 rings (SSSR count). The standard InChI is InChI=1S/C17H18N4O2/c1-9(15-5-11(7-18)8-19-15)16-13-6-12(20-10(2)22)3-4-14(13)21-17(16)23/h3-6,8,19H,7,18H2,1-2H3,(H,20,22)(H,21,23)/b16-9-. The lowest BCUT2D eigenvalue weighted by Crippen LogP contribution is -2.05. The number of rotatable bonds is 3. The fourth-order valence-corrected chi connectivity index (χ4v) is 2.73. The maximum atomic E-state index is 12.4. The summed E-state index contributed by atoms with van der Waals surface area (Å²) >= 11 is 0. The number of amides is 2. The zero-order chi connectivity index (χ0) is 16.6. The Bertz CT molecular complexity index is 833. The molecule has 0 saturated carbocycles. The van der Waals surface area contributed by atoms with Crippen LogP contribution in [0.2, 0.25) is 0 Å². The smallest absolute Gasteiger partial charge is 0.256 e. The van der Waals surface area contributed by atoms with E-state index in [2.05, 4.69) is 15.6 Å². The third kappa shape index (κ3) is 2.76. The third-order valence-corrected chi connectivity index (χ3v) is 3.84. The molecule has 6 nitrogen and oxygen atoms in total. The average Bonchev–Trinajstić information content (AvgIpc) is 3.09. The second-order valence-corrected chi connectivity index (χ2v) is 5.52. The van der Waals surface area contributed by atoms with Gasteiger partial charge in [-0.3, -0.25) is 9.59 Å². The molecule has 0 bridgehead atoms. The SMILES string of the molecule is CC(=O)Nc1ccc2c(c1)/C(=C(\C)c1cc(CN)c[nH]1)C(=O)N2. The Hall–Kier alpha value is -2.86. The maximum absolute atomic E-state index is 12.4. The molecule has 0 fully saturated rings. The van der Waals surface area contributed by atoms with Gasteiger partial charge in [-0.15, -0.1) is 0 Å². The number of benzene rings is 1. The normalized spacial score (nSPS) is 15.2. The van der Waals surface area contributed by atoms with E-state index in [0.29, 0.717) is 17.8 Å². The molecular weight excluding hydrogens is 292 g/mol. The largest absolute Gasteiger partial charge is 0.361 e. The zero-order valence-electron chi connectivity index (χ0n) is 13.0. The summed E-state index contributed by atoms with van der Waals surface area (Å²) in [6, 6.07) is 7.30. The van der Waals surface area contributed by atoms with Crippen molar-refractivity contribution in [3.63, 3.8) is 0 Å². The number of hydrogen-bond donors (Lipinski definition) is 4. The molecule has 5 N–H and O–H groups in total. The van der Waals surface area contributed by atoms with Crippen LogP contribution in [0.5, 0.6) is 0 Å². The van der Waals surface area contributed by atoms with Crippen molar-refractivity contribution in [1.82, 2.24) is 4.98 Å². The highest BCUT2D eigenvalue weighted by Gasteiger charge is 2.27. The number of nitrogens with two attached hydrogens (primary N) is 1. The Morgan fingerprint density at radius 3 is 2.70 bits per heavy atom. The fraction of sp³-hybridized carbons (Fsp3) is 0.176. The Balaban J connectivity index is 2.09. The van der Waals surface area contributed by atoms with E-state index in [1.165, 1.54) is 6.92 Å². The highest BCUT2D eigenvalue weighted by atomic mass is 16.2. The van der Waals surface area contributed by atoms with Crippen molar-refractivity contribution in [2.75, 3.05) is 10.6 Å². The van der Waals surface area contributed by atoms with E-state index in [1.54, 1.807) is 18.2 Å². The molecule has 1 aromatic carbocycles. The van der Waals surface area contributed by atoms with E-state index in [1.807, 2.05) is 19.2 Å². The molecule has 1 aromatic heterocycles. The van der Waals surface area contributed by atoms with E-state index < -0.39 is 0 Å². The number of aromatic nitrogens is 1. The van der Waals surface area contributed by atoms with Crippen LogP contribution in [0.25, 0.3) is 11.1 Å². The van der Waals surface area contributed by atoms with Crippen LogP contribution in [-0.2, 0) is 16.1 Å². The van der Waals surface area contributed by atoms with Crippen molar-refractivity contribution < 1.29 is 9.59 Å². The molecule has 1 aliphatic rings. The lowest BCUT2D eigenvalue weighted by Gasteiger charge is -2.07. The summed E-state index contributed by atoms with van der Waals surface area (Å²) in [5.74, 6) is -0.303. The van der Waals surface area contributed by atoms with Crippen LogP contribution < -0.4 is 16.4 Å². The minimum atomic E-state index is -0.152. The molecule has 2 amide bonds. The zero-order valence-corrected chi connectivity index (χ0v) is 13.0. The topological polar surface area (TPSA) is 100 Å². The fourth-order valence-electron chi connectivity index (χ4n) is 2.73. The van der Waals surface area contributed by atoms with E-state index in [9.17, 15) is 9.59 Å². The summed E-state index contributed by atoms with van der Waals surface area (Å²) in [5.41, 5.74) is 11.1. The van der Waals surface area contributed by atoms with Gasteiger partial charge in [0.1, 0.15) is 0 Å². The van der Waals surface area contributed by atoms with Gasteiger partial charge in [-0.2, -0.15) is 0 Å². The molecule has 1 aliphatic heterocycles. The first-order valence-corrected chi connectivity index (χ1v) is 7.31. The molecule has 0 aliphatic carbocycles. The minimum Gasteiger partial charge on any atom is -0.361 e. The highest BCUT2D eigenvalue weighted by Crippen LogP contribution is 2.38. The number of carbonyl (C=O) groups is 2. The molecule has 23 heavy (non-hydrogen) atoms. The van der Waals surface area contributed by atoms with Crippen LogP contribution in [0.15, 0.2) is 30.5 Å². The van der Waals surface area contributed by atoms with Crippen molar-refractivity contribution >= 4 is 34.3 Å². The number of allylic oxidation sites excluding steroid dienone is 1. The quantitative estimate of drug-likeness (QED) is 0.654. The van der Waals surface area contributed by atoms with Gasteiger partial charge < -0.3 is 21.4 Å². The van der Waals surface area contributed by atoms with Gasteiger partial charge in [0.25, 0.3) is 5.91 Å². The molecule has 6 heteroatoms. The molecule has 0 saturated heterocycles. The summed E-state index contributed by atoms with van der Waals surface area (Å²) < 4.78 is 0. The number of H-pyrrole nitrogens is 1. The van der Waals surface area contributed by atoms with Gasteiger partial charge in [-0.25, -0.2) is 0 Å². The summed E-state index contributed by atoms with van der Waals surface area (Å²) in [6.45, 7) is 3.78. The summed E-state index contributed by atoms with van der Waals surface area (Å²) in [6.07, 6.45) is 1.83. The third-order valence-electron chi connectivity index (χ3n) is 3.84. The summed E-state index contributed by atoms with van der Waals surface area (Å²) in [7, 11) is 0. The van der Waals surface area contributed by atoms with Crippen molar-refractivity contribution in [3.8, 4) is 0 Å². The highest BCUT2D eigenvalue weighted by molar-refractivity contribution is 6.36. The van der Waals surface area contributed by atoms with Crippen LogP contribution in [0.3, 0.4) is 0 Å². The predicted molar refractivity (Wildman–Crippen MR) is 90.5 cm³/mol. The van der Waals surface area contributed by atoms with E-state index in [0.717, 1.165) is 28.1 Å². The molecule has 2 heterocycles. The van der Waals surface area contributed by atoms with Crippen molar-refractivity contribution in [3.05, 3.63) is 47.3 Å². The van der Waals surface area contributed by atoms with E-state index in [4.69, 9.17) is 5.73 Å². The van der Waals surface area contributed by atoms with E-state index >= 15 is 0 Å². The number of anilines is 2.